The molecule has 140 valence electrons. The van der Waals surface area contributed by atoms with Crippen molar-refractivity contribution in [2.45, 2.75) is 13.0 Å². The number of hydrogen-bond donors (Lipinski definition) is 2. The lowest BCUT2D eigenvalue weighted by molar-refractivity contribution is -0.118. The number of nitrogen functional groups attached to an aromatic ring is 1. The van der Waals surface area contributed by atoms with Gasteiger partial charge in [-0.25, -0.2) is 9.37 Å². The Morgan fingerprint density at radius 2 is 2.00 bits per heavy atom. The lowest BCUT2D eigenvalue weighted by Crippen LogP contribution is -2.39. The Balaban J connectivity index is 2.04. The lowest BCUT2D eigenvalue weighted by atomic mass is 10.2. The van der Waals surface area contributed by atoms with Crippen molar-refractivity contribution in [2.24, 2.45) is 5.73 Å². The smallest absolute Gasteiger partial charge is 0.244 e. The number of carbonyl (C=O) groups is 2. The van der Waals surface area contributed by atoms with Gasteiger partial charge in [-0.15, -0.1) is 0 Å². The third-order valence-corrected chi connectivity index (χ3v) is 5.11. The summed E-state index contributed by atoms with van der Waals surface area (Å²) >= 11 is 4.06. The molecule has 0 saturated heterocycles. The number of halogens is 2. The van der Waals surface area contributed by atoms with Crippen LogP contribution in [0.5, 0.6) is 0 Å². The van der Waals surface area contributed by atoms with Crippen molar-refractivity contribution in [3.8, 4) is 0 Å². The van der Waals surface area contributed by atoms with Gasteiger partial charge in [-0.05, 0) is 47.1 Å². The largest absolute Gasteiger partial charge is 0.382 e. The SMILES string of the molecule is C[C@H](C(N)=O)N(c1ccc(F)cc1)c1nc(N)c(C(=O)c2cc(Br)no2)s1. The number of hydrogen-bond acceptors (Lipinski definition) is 8. The van der Waals surface area contributed by atoms with E-state index in [-0.39, 0.29) is 21.6 Å². The number of benzene rings is 1. The van der Waals surface area contributed by atoms with Gasteiger partial charge in [0.1, 0.15) is 27.2 Å². The maximum Gasteiger partial charge on any atom is 0.244 e. The summed E-state index contributed by atoms with van der Waals surface area (Å²) in [6, 6.07) is 6.02. The van der Waals surface area contributed by atoms with Crippen molar-refractivity contribution in [2.75, 3.05) is 10.6 Å². The van der Waals surface area contributed by atoms with Gasteiger partial charge >= 0.3 is 0 Å². The maximum absolute atomic E-state index is 13.3. The topological polar surface area (TPSA) is 128 Å². The highest BCUT2D eigenvalue weighted by Gasteiger charge is 2.28. The summed E-state index contributed by atoms with van der Waals surface area (Å²) in [4.78, 5) is 30.1. The van der Waals surface area contributed by atoms with Crippen LogP contribution in [0.25, 0.3) is 0 Å². The first-order valence-corrected chi connectivity index (χ1v) is 9.16. The monoisotopic (exact) mass is 453 g/mol. The Bertz CT molecular complexity index is 1000. The van der Waals surface area contributed by atoms with E-state index < -0.39 is 23.5 Å². The summed E-state index contributed by atoms with van der Waals surface area (Å²) in [5.41, 5.74) is 11.8. The van der Waals surface area contributed by atoms with Gasteiger partial charge < -0.3 is 20.9 Å². The summed E-state index contributed by atoms with van der Waals surface area (Å²) in [7, 11) is 0. The van der Waals surface area contributed by atoms with Crippen LogP contribution >= 0.6 is 27.3 Å². The third kappa shape index (κ3) is 3.83. The van der Waals surface area contributed by atoms with Crippen molar-refractivity contribution in [3.63, 3.8) is 0 Å². The Morgan fingerprint density at radius 1 is 1.33 bits per heavy atom. The van der Waals surface area contributed by atoms with Crippen LogP contribution in [-0.2, 0) is 4.79 Å². The fourth-order valence-corrected chi connectivity index (χ4v) is 3.60. The van der Waals surface area contributed by atoms with Gasteiger partial charge in [0.15, 0.2) is 5.13 Å². The van der Waals surface area contributed by atoms with Crippen molar-refractivity contribution < 1.29 is 18.5 Å². The molecule has 0 bridgehead atoms. The van der Waals surface area contributed by atoms with Gasteiger partial charge in [0, 0.05) is 11.8 Å². The molecule has 0 aliphatic carbocycles. The van der Waals surface area contributed by atoms with Crippen LogP contribution < -0.4 is 16.4 Å². The minimum absolute atomic E-state index is 0.0138. The molecule has 0 unspecified atom stereocenters. The molecule has 27 heavy (non-hydrogen) atoms. The zero-order chi connectivity index (χ0) is 19.7. The zero-order valence-corrected chi connectivity index (χ0v) is 16.3. The zero-order valence-electron chi connectivity index (χ0n) is 13.8. The predicted octanol–water partition coefficient (Wildman–Crippen LogP) is 2.86. The average Bonchev–Trinajstić information content (AvgIpc) is 3.22. The van der Waals surface area contributed by atoms with E-state index in [1.54, 1.807) is 6.92 Å². The molecule has 11 heteroatoms. The first kappa shape index (κ1) is 19.0. The van der Waals surface area contributed by atoms with Crippen LogP contribution in [0.2, 0.25) is 0 Å². The van der Waals surface area contributed by atoms with E-state index in [2.05, 4.69) is 26.1 Å². The van der Waals surface area contributed by atoms with Gasteiger partial charge in [0.2, 0.25) is 17.5 Å². The number of nitrogens with zero attached hydrogens (tertiary/aromatic N) is 3. The molecule has 0 radical (unpaired) electrons. The molecule has 0 spiro atoms. The molecular weight excluding hydrogens is 441 g/mol. The van der Waals surface area contributed by atoms with Gasteiger partial charge in [-0.3, -0.25) is 9.59 Å². The van der Waals surface area contributed by atoms with Crippen LogP contribution in [0, 0.1) is 5.82 Å². The van der Waals surface area contributed by atoms with Gasteiger partial charge in [0.25, 0.3) is 0 Å². The van der Waals surface area contributed by atoms with Crippen LogP contribution in [0.15, 0.2) is 39.5 Å². The third-order valence-electron chi connectivity index (χ3n) is 3.66. The Morgan fingerprint density at radius 3 is 2.56 bits per heavy atom. The molecule has 8 nitrogen and oxygen atoms in total. The van der Waals surface area contributed by atoms with Gasteiger partial charge in [0.05, 0.1) is 0 Å². The molecular formula is C16H13BrFN5O3S. The van der Waals surface area contributed by atoms with Crippen LogP contribution in [0.3, 0.4) is 0 Å². The number of rotatable bonds is 6. The highest BCUT2D eigenvalue weighted by Crippen LogP contribution is 2.36. The highest BCUT2D eigenvalue weighted by molar-refractivity contribution is 9.10. The second kappa shape index (κ2) is 7.45. The maximum atomic E-state index is 13.3. The van der Waals surface area contributed by atoms with Crippen LogP contribution in [0.1, 0.15) is 22.4 Å². The van der Waals surface area contributed by atoms with Gasteiger partial charge in [-0.2, -0.15) is 0 Å². The Hall–Kier alpha value is -2.79. The van der Waals surface area contributed by atoms with E-state index in [0.717, 1.165) is 11.3 Å². The number of anilines is 3. The van der Waals surface area contributed by atoms with Crippen molar-refractivity contribution in [3.05, 3.63) is 51.4 Å². The minimum Gasteiger partial charge on any atom is -0.382 e. The summed E-state index contributed by atoms with van der Waals surface area (Å²) in [5, 5.41) is 3.86. The number of ketones is 1. The molecule has 2 heterocycles. The first-order valence-electron chi connectivity index (χ1n) is 7.55. The van der Waals surface area contributed by atoms with E-state index in [1.165, 1.54) is 35.2 Å². The van der Waals surface area contributed by atoms with E-state index >= 15 is 0 Å². The number of nitrogens with two attached hydrogens (primary N) is 2. The molecule has 1 amide bonds. The molecule has 3 aromatic rings. The molecule has 0 aliphatic rings. The second-order valence-corrected chi connectivity index (χ2v) is 7.27. The molecule has 2 aromatic heterocycles. The van der Waals surface area contributed by atoms with E-state index in [4.69, 9.17) is 16.0 Å². The fourth-order valence-electron chi connectivity index (χ4n) is 2.29. The molecule has 1 aromatic carbocycles. The van der Waals surface area contributed by atoms with E-state index in [9.17, 15) is 14.0 Å². The molecule has 0 aliphatic heterocycles. The highest BCUT2D eigenvalue weighted by atomic mass is 79.9. The van der Waals surface area contributed by atoms with Gasteiger partial charge in [-0.1, -0.05) is 16.5 Å². The van der Waals surface area contributed by atoms with Crippen molar-refractivity contribution in [1.29, 1.82) is 0 Å². The first-order chi connectivity index (χ1) is 12.8. The average molecular weight is 454 g/mol. The lowest BCUT2D eigenvalue weighted by Gasteiger charge is -2.26. The summed E-state index contributed by atoms with van der Waals surface area (Å²) in [6.07, 6.45) is 0. The molecule has 3 rings (SSSR count). The Kier molecular flexibility index (Phi) is 5.24. The quantitative estimate of drug-likeness (QED) is 0.548. The summed E-state index contributed by atoms with van der Waals surface area (Å²) in [5.74, 6) is -1.60. The van der Waals surface area contributed by atoms with Crippen molar-refractivity contribution >= 4 is 55.6 Å². The van der Waals surface area contributed by atoms with E-state index in [0.29, 0.717) is 10.3 Å². The second-order valence-electron chi connectivity index (χ2n) is 5.48. The number of primary amides is 1. The van der Waals surface area contributed by atoms with Crippen LogP contribution in [0.4, 0.5) is 21.0 Å². The fraction of sp³-hybridized carbons (Fsp3) is 0.125. The standard InChI is InChI=1S/C16H13BrFN5O3S/c1-7(15(20)25)23(9-4-2-8(18)3-5-9)16-21-14(19)13(27-16)12(24)10-6-11(17)22-26-10/h2-7H,19H2,1H3,(H2,20,25)/t7-/m1/s1. The van der Waals surface area contributed by atoms with Crippen LogP contribution in [-0.4, -0.2) is 27.9 Å². The number of carbonyl (C=O) groups excluding carboxylic acids is 2. The number of thiazole rings is 1. The molecule has 1 atom stereocenters. The predicted molar refractivity (Wildman–Crippen MR) is 101 cm³/mol. The summed E-state index contributed by atoms with van der Waals surface area (Å²) in [6.45, 7) is 1.57. The van der Waals surface area contributed by atoms with Crippen molar-refractivity contribution in [1.82, 2.24) is 10.1 Å². The molecule has 0 saturated carbocycles. The number of amides is 1. The summed E-state index contributed by atoms with van der Waals surface area (Å²) < 4.78 is 18.6. The normalized spacial score (nSPS) is 12.0. The number of aromatic nitrogens is 2. The van der Waals surface area contributed by atoms with E-state index in [1.807, 2.05) is 0 Å². The molecule has 4 N–H and O–H groups in total. The minimum atomic E-state index is -0.816. The molecule has 0 fully saturated rings. The Labute approximate surface area is 165 Å².